The summed E-state index contributed by atoms with van der Waals surface area (Å²) < 4.78 is 4.76. The van der Waals surface area contributed by atoms with Crippen LogP contribution < -0.4 is 0 Å². The van der Waals surface area contributed by atoms with Gasteiger partial charge in [0.2, 0.25) is 0 Å². The molecule has 3 heteroatoms. The Hall–Kier alpha value is -1.35. The van der Waals surface area contributed by atoms with Crippen molar-refractivity contribution in [2.24, 2.45) is 17.3 Å². The third-order valence-electron chi connectivity index (χ3n) is 6.76. The summed E-state index contributed by atoms with van der Waals surface area (Å²) >= 11 is 0. The molecule has 3 aliphatic carbocycles. The fraction of sp³-hybridized carbons (Fsp3) is 0.632. The van der Waals surface area contributed by atoms with Crippen LogP contribution in [0.25, 0.3) is 0 Å². The average molecular weight is 300 g/mol. The number of rotatable bonds is 2. The highest BCUT2D eigenvalue weighted by Crippen LogP contribution is 2.74. The molecule has 1 aromatic carbocycles. The topological polar surface area (TPSA) is 46.5 Å². The summed E-state index contributed by atoms with van der Waals surface area (Å²) in [7, 11) is 1.39. The molecule has 118 valence electrons. The zero-order valence-electron chi connectivity index (χ0n) is 13.2. The van der Waals surface area contributed by atoms with Crippen LogP contribution in [0.1, 0.15) is 60.9 Å². The van der Waals surface area contributed by atoms with Gasteiger partial charge in [-0.1, -0.05) is 31.4 Å². The van der Waals surface area contributed by atoms with Gasteiger partial charge in [-0.15, -0.1) is 0 Å². The summed E-state index contributed by atoms with van der Waals surface area (Å²) in [6.45, 7) is 0. The van der Waals surface area contributed by atoms with E-state index in [0.29, 0.717) is 17.4 Å². The normalized spacial score (nSPS) is 39.5. The molecule has 3 nitrogen and oxygen atoms in total. The standard InChI is InChI=1S/C19H24O3/c1-22-17(20)13-7-9-14(10-8-13)19(21)16-6-4-12-18(19)11-3-2-5-15(16)18/h7-10,15-16,21H,2-6,11-12H2,1H3/t15-,16+,18-,19?/m1/s1. The van der Waals surface area contributed by atoms with Crippen LogP contribution in [0.2, 0.25) is 0 Å². The molecule has 3 saturated carbocycles. The van der Waals surface area contributed by atoms with Gasteiger partial charge in [-0.2, -0.15) is 0 Å². The van der Waals surface area contributed by atoms with Gasteiger partial charge < -0.3 is 9.84 Å². The van der Waals surface area contributed by atoms with E-state index in [0.717, 1.165) is 24.8 Å². The first kappa shape index (κ1) is 14.3. The van der Waals surface area contributed by atoms with E-state index >= 15 is 0 Å². The summed E-state index contributed by atoms with van der Waals surface area (Å²) in [5.41, 5.74) is 0.978. The van der Waals surface area contributed by atoms with E-state index in [1.807, 2.05) is 12.1 Å². The molecule has 1 aromatic rings. The Morgan fingerprint density at radius 1 is 1.09 bits per heavy atom. The van der Waals surface area contributed by atoms with Gasteiger partial charge in [-0.25, -0.2) is 4.79 Å². The number of carbonyl (C=O) groups is 1. The predicted molar refractivity (Wildman–Crippen MR) is 83.4 cm³/mol. The molecular weight excluding hydrogens is 276 g/mol. The van der Waals surface area contributed by atoms with E-state index in [9.17, 15) is 9.90 Å². The smallest absolute Gasteiger partial charge is 0.337 e. The van der Waals surface area contributed by atoms with Crippen molar-refractivity contribution in [3.8, 4) is 0 Å². The maximum absolute atomic E-state index is 11.6. The lowest BCUT2D eigenvalue weighted by Crippen LogP contribution is -2.71. The Bertz CT molecular complexity index is 587. The summed E-state index contributed by atoms with van der Waals surface area (Å²) in [4.78, 5) is 11.6. The van der Waals surface area contributed by atoms with E-state index < -0.39 is 5.60 Å². The van der Waals surface area contributed by atoms with Crippen LogP contribution in [-0.4, -0.2) is 18.2 Å². The lowest BCUT2D eigenvalue weighted by Gasteiger charge is -2.72. The highest BCUT2D eigenvalue weighted by atomic mass is 16.5. The Morgan fingerprint density at radius 3 is 2.50 bits per heavy atom. The Kier molecular flexibility index (Phi) is 3.12. The van der Waals surface area contributed by atoms with Gasteiger partial charge in [0.05, 0.1) is 18.3 Å². The van der Waals surface area contributed by atoms with Crippen LogP contribution in [0.15, 0.2) is 24.3 Å². The maximum Gasteiger partial charge on any atom is 0.337 e. The zero-order chi connectivity index (χ0) is 15.4. The lowest BCUT2D eigenvalue weighted by atomic mass is 9.34. The minimum atomic E-state index is -0.676. The third kappa shape index (κ3) is 1.58. The van der Waals surface area contributed by atoms with Gasteiger partial charge in [-0.3, -0.25) is 0 Å². The van der Waals surface area contributed by atoms with Crippen molar-refractivity contribution in [3.63, 3.8) is 0 Å². The van der Waals surface area contributed by atoms with Crippen LogP contribution in [-0.2, 0) is 10.3 Å². The first-order valence-corrected chi connectivity index (χ1v) is 8.55. The highest BCUT2D eigenvalue weighted by molar-refractivity contribution is 5.89. The van der Waals surface area contributed by atoms with Gasteiger partial charge in [0, 0.05) is 5.41 Å². The van der Waals surface area contributed by atoms with Crippen molar-refractivity contribution in [1.82, 2.24) is 0 Å². The first-order chi connectivity index (χ1) is 10.6. The summed E-state index contributed by atoms with van der Waals surface area (Å²) in [5.74, 6) is 0.798. The lowest BCUT2D eigenvalue weighted by molar-refractivity contribution is -0.312. The van der Waals surface area contributed by atoms with Gasteiger partial charge in [-0.05, 0) is 55.2 Å². The Balaban J connectivity index is 1.70. The second-order valence-corrected chi connectivity index (χ2v) is 7.34. The first-order valence-electron chi connectivity index (χ1n) is 8.55. The number of benzene rings is 1. The minimum absolute atomic E-state index is 0.0982. The van der Waals surface area contributed by atoms with Crippen LogP contribution >= 0.6 is 0 Å². The summed E-state index contributed by atoms with van der Waals surface area (Å²) in [6, 6.07) is 7.47. The average Bonchev–Trinajstić information content (AvgIpc) is 2.59. The van der Waals surface area contributed by atoms with Crippen LogP contribution in [0.3, 0.4) is 0 Å². The number of carbonyl (C=O) groups excluding carboxylic acids is 1. The summed E-state index contributed by atoms with van der Waals surface area (Å²) in [6.07, 6.45) is 8.55. The fourth-order valence-corrected chi connectivity index (χ4v) is 5.92. The van der Waals surface area contributed by atoms with Crippen molar-refractivity contribution < 1.29 is 14.6 Å². The molecule has 0 radical (unpaired) electrons. The van der Waals surface area contributed by atoms with Crippen LogP contribution in [0.4, 0.5) is 0 Å². The quantitative estimate of drug-likeness (QED) is 0.848. The fourth-order valence-electron chi connectivity index (χ4n) is 5.92. The molecular formula is C19H24O3. The SMILES string of the molecule is COC(=O)c1ccc(C2(O)[C@H]3CCC[C@@]24CCCC[C@H]34)cc1. The van der Waals surface area contributed by atoms with Crippen molar-refractivity contribution in [3.05, 3.63) is 35.4 Å². The van der Waals surface area contributed by atoms with Crippen molar-refractivity contribution >= 4 is 5.97 Å². The van der Waals surface area contributed by atoms with Crippen LogP contribution in [0.5, 0.6) is 0 Å². The molecule has 0 heterocycles. The monoisotopic (exact) mass is 300 g/mol. The number of hydrogen-bond donors (Lipinski definition) is 1. The third-order valence-corrected chi connectivity index (χ3v) is 6.76. The van der Waals surface area contributed by atoms with E-state index in [1.165, 1.54) is 32.8 Å². The van der Waals surface area contributed by atoms with Gasteiger partial charge in [0.1, 0.15) is 0 Å². The number of aliphatic hydroxyl groups is 1. The Morgan fingerprint density at radius 2 is 1.77 bits per heavy atom. The van der Waals surface area contributed by atoms with Crippen LogP contribution in [0, 0.1) is 17.3 Å². The molecule has 1 N–H and O–H groups in total. The number of fused-ring (bicyclic) bond motifs is 2. The molecule has 22 heavy (non-hydrogen) atoms. The van der Waals surface area contributed by atoms with Gasteiger partial charge in [0.15, 0.2) is 0 Å². The molecule has 2 bridgehead atoms. The maximum atomic E-state index is 11.6. The molecule has 3 aliphatic rings. The largest absolute Gasteiger partial charge is 0.465 e. The van der Waals surface area contributed by atoms with E-state index in [1.54, 1.807) is 12.1 Å². The molecule has 0 amide bonds. The van der Waals surface area contributed by atoms with E-state index in [2.05, 4.69) is 0 Å². The molecule has 1 spiro atoms. The summed E-state index contributed by atoms with van der Waals surface area (Å²) in [5, 5.41) is 11.6. The number of hydrogen-bond acceptors (Lipinski definition) is 3. The van der Waals surface area contributed by atoms with Crippen molar-refractivity contribution in [2.75, 3.05) is 7.11 Å². The van der Waals surface area contributed by atoms with E-state index in [4.69, 9.17) is 4.74 Å². The molecule has 3 fully saturated rings. The Labute approximate surface area is 131 Å². The zero-order valence-corrected chi connectivity index (χ0v) is 13.2. The van der Waals surface area contributed by atoms with Gasteiger partial charge in [0.25, 0.3) is 0 Å². The molecule has 0 aliphatic heterocycles. The molecule has 1 unspecified atom stereocenters. The second-order valence-electron chi connectivity index (χ2n) is 7.34. The highest BCUT2D eigenvalue weighted by Gasteiger charge is 2.72. The predicted octanol–water partition coefficient (Wildman–Crippen LogP) is 3.65. The molecule has 0 saturated heterocycles. The molecule has 0 aromatic heterocycles. The number of esters is 1. The van der Waals surface area contributed by atoms with Gasteiger partial charge >= 0.3 is 5.97 Å². The van der Waals surface area contributed by atoms with Crippen molar-refractivity contribution in [2.45, 2.75) is 50.5 Å². The number of methoxy groups -OCH3 is 1. The molecule has 4 rings (SSSR count). The minimum Gasteiger partial charge on any atom is -0.465 e. The molecule has 4 atom stereocenters. The second kappa shape index (κ2) is 4.82. The van der Waals surface area contributed by atoms with E-state index in [-0.39, 0.29) is 11.4 Å². The van der Waals surface area contributed by atoms with Crippen molar-refractivity contribution in [1.29, 1.82) is 0 Å². The number of ether oxygens (including phenoxy) is 1.